The van der Waals surface area contributed by atoms with Crippen LogP contribution in [0.5, 0.6) is 5.75 Å². The van der Waals surface area contributed by atoms with Gasteiger partial charge in [-0.25, -0.2) is 4.98 Å². The van der Waals surface area contributed by atoms with E-state index < -0.39 is 0 Å². The van der Waals surface area contributed by atoms with Crippen molar-refractivity contribution >= 4 is 5.71 Å². The van der Waals surface area contributed by atoms with Crippen LogP contribution in [0.3, 0.4) is 0 Å². The normalized spacial score (nSPS) is 11.4. The minimum Gasteiger partial charge on any atom is -0.497 e. The van der Waals surface area contributed by atoms with E-state index in [-0.39, 0.29) is 0 Å². The summed E-state index contributed by atoms with van der Waals surface area (Å²) in [6.07, 6.45) is 6.21. The van der Waals surface area contributed by atoms with Gasteiger partial charge in [0.25, 0.3) is 0 Å². The maximum atomic E-state index is 5.42. The Kier molecular flexibility index (Phi) is 5.78. The average molecular weight is 288 g/mol. The number of hydrogen-bond acceptors (Lipinski definition) is 5. The molecule has 1 aromatic heterocycles. The topological polar surface area (TPSA) is 74.7 Å². The zero-order chi connectivity index (χ0) is 14.9. The van der Waals surface area contributed by atoms with Gasteiger partial charge < -0.3 is 19.9 Å². The van der Waals surface area contributed by atoms with Gasteiger partial charge in [0.2, 0.25) is 0 Å². The molecular weight excluding hydrogens is 268 g/mol. The van der Waals surface area contributed by atoms with Crippen LogP contribution < -0.4 is 10.5 Å². The second kappa shape index (κ2) is 8.06. The lowest BCUT2D eigenvalue weighted by Gasteiger charge is -2.08. The van der Waals surface area contributed by atoms with Crippen LogP contribution in [-0.2, 0) is 11.4 Å². The first-order valence-electron chi connectivity index (χ1n) is 6.82. The molecule has 0 bridgehead atoms. The van der Waals surface area contributed by atoms with Crippen molar-refractivity contribution in [2.45, 2.75) is 13.0 Å². The first-order chi connectivity index (χ1) is 10.3. The molecule has 6 nitrogen and oxygen atoms in total. The molecule has 112 valence electrons. The Morgan fingerprint density at radius 1 is 1.33 bits per heavy atom. The van der Waals surface area contributed by atoms with Crippen LogP contribution in [0.15, 0.2) is 48.1 Å². The van der Waals surface area contributed by atoms with E-state index in [0.717, 1.165) is 30.0 Å². The standard InChI is InChI=1S/C15H20N4O2/c1-20-14-4-2-13(3-5-14)15(18-21-11-7-16)6-9-19-10-8-17-12-19/h2-5,8,10,12H,6-7,9,11,16H2,1H3. The van der Waals surface area contributed by atoms with Crippen molar-refractivity contribution in [3.05, 3.63) is 48.5 Å². The van der Waals surface area contributed by atoms with Gasteiger partial charge in [-0.3, -0.25) is 0 Å². The molecule has 6 heteroatoms. The quantitative estimate of drug-likeness (QED) is 0.455. The van der Waals surface area contributed by atoms with Gasteiger partial charge in [-0.1, -0.05) is 5.16 Å². The molecule has 0 fully saturated rings. The third-order valence-electron chi connectivity index (χ3n) is 2.97. The third kappa shape index (κ3) is 4.61. The SMILES string of the molecule is COc1ccc(C(CCn2ccnc2)=NOCCN)cc1. The van der Waals surface area contributed by atoms with Crippen molar-refractivity contribution in [1.29, 1.82) is 0 Å². The van der Waals surface area contributed by atoms with Crippen LogP contribution in [0.2, 0.25) is 0 Å². The molecule has 2 N–H and O–H groups in total. The van der Waals surface area contributed by atoms with E-state index in [1.165, 1.54) is 0 Å². The highest BCUT2D eigenvalue weighted by Gasteiger charge is 2.06. The number of hydrogen-bond donors (Lipinski definition) is 1. The maximum Gasteiger partial charge on any atom is 0.129 e. The summed E-state index contributed by atoms with van der Waals surface area (Å²) >= 11 is 0. The van der Waals surface area contributed by atoms with Gasteiger partial charge in [0, 0.05) is 31.9 Å². The van der Waals surface area contributed by atoms with Crippen molar-refractivity contribution in [3.8, 4) is 5.75 Å². The first kappa shape index (κ1) is 15.1. The Morgan fingerprint density at radius 2 is 2.14 bits per heavy atom. The highest BCUT2D eigenvalue weighted by molar-refractivity contribution is 6.00. The van der Waals surface area contributed by atoms with Crippen LogP contribution in [0.4, 0.5) is 0 Å². The number of imidazole rings is 1. The Hall–Kier alpha value is -2.34. The second-order valence-corrected chi connectivity index (χ2v) is 4.44. The molecular formula is C15H20N4O2. The minimum atomic E-state index is 0.407. The molecule has 21 heavy (non-hydrogen) atoms. The molecule has 0 amide bonds. The highest BCUT2D eigenvalue weighted by atomic mass is 16.6. The number of ether oxygens (including phenoxy) is 1. The van der Waals surface area contributed by atoms with E-state index in [1.807, 2.05) is 35.0 Å². The summed E-state index contributed by atoms with van der Waals surface area (Å²) in [7, 11) is 1.65. The fourth-order valence-electron chi connectivity index (χ4n) is 1.86. The lowest BCUT2D eigenvalue weighted by atomic mass is 10.1. The van der Waals surface area contributed by atoms with Crippen molar-refractivity contribution in [2.24, 2.45) is 10.9 Å². The van der Waals surface area contributed by atoms with Crippen molar-refractivity contribution < 1.29 is 9.57 Å². The predicted octanol–water partition coefficient (Wildman–Crippen LogP) is 1.66. The van der Waals surface area contributed by atoms with E-state index in [1.54, 1.807) is 19.6 Å². The maximum absolute atomic E-state index is 5.42. The van der Waals surface area contributed by atoms with Gasteiger partial charge in [-0.2, -0.15) is 0 Å². The number of rotatable bonds is 8. The molecule has 1 aromatic carbocycles. The van der Waals surface area contributed by atoms with Gasteiger partial charge in [-0.15, -0.1) is 0 Å². The number of aryl methyl sites for hydroxylation is 1. The fraction of sp³-hybridized carbons (Fsp3) is 0.333. The van der Waals surface area contributed by atoms with Crippen molar-refractivity contribution in [2.75, 3.05) is 20.3 Å². The number of nitrogens with zero attached hydrogens (tertiary/aromatic N) is 3. The molecule has 0 aliphatic heterocycles. The highest BCUT2D eigenvalue weighted by Crippen LogP contribution is 2.14. The van der Waals surface area contributed by atoms with E-state index in [4.69, 9.17) is 15.3 Å². The molecule has 0 spiro atoms. The lowest BCUT2D eigenvalue weighted by molar-refractivity contribution is 0.151. The van der Waals surface area contributed by atoms with Gasteiger partial charge in [-0.05, 0) is 29.8 Å². The number of methoxy groups -OCH3 is 1. The number of oxime groups is 1. The third-order valence-corrected chi connectivity index (χ3v) is 2.97. The van der Waals surface area contributed by atoms with Crippen LogP contribution >= 0.6 is 0 Å². The van der Waals surface area contributed by atoms with Crippen LogP contribution in [0, 0.1) is 0 Å². The lowest BCUT2D eigenvalue weighted by Crippen LogP contribution is -2.10. The summed E-state index contributed by atoms with van der Waals surface area (Å²) < 4.78 is 7.17. The summed E-state index contributed by atoms with van der Waals surface area (Å²) in [5, 5.41) is 4.20. The number of benzene rings is 1. The van der Waals surface area contributed by atoms with E-state index in [2.05, 4.69) is 10.1 Å². The van der Waals surface area contributed by atoms with Crippen molar-refractivity contribution in [1.82, 2.24) is 9.55 Å². The first-order valence-corrected chi connectivity index (χ1v) is 6.82. The van der Waals surface area contributed by atoms with E-state index in [0.29, 0.717) is 13.2 Å². The van der Waals surface area contributed by atoms with Crippen LogP contribution in [0.1, 0.15) is 12.0 Å². The van der Waals surface area contributed by atoms with Gasteiger partial charge in [0.15, 0.2) is 0 Å². The summed E-state index contributed by atoms with van der Waals surface area (Å²) in [6, 6.07) is 7.75. The average Bonchev–Trinajstić information content (AvgIpc) is 3.04. The molecule has 0 aliphatic carbocycles. The summed E-state index contributed by atoms with van der Waals surface area (Å²) in [4.78, 5) is 9.26. The summed E-state index contributed by atoms with van der Waals surface area (Å²) in [5.41, 5.74) is 7.30. The smallest absolute Gasteiger partial charge is 0.129 e. The molecule has 1 heterocycles. The fourth-order valence-corrected chi connectivity index (χ4v) is 1.86. The Morgan fingerprint density at radius 3 is 2.76 bits per heavy atom. The summed E-state index contributed by atoms with van der Waals surface area (Å²) in [5.74, 6) is 0.815. The monoisotopic (exact) mass is 288 g/mol. The van der Waals surface area contributed by atoms with E-state index in [9.17, 15) is 0 Å². The molecule has 0 unspecified atom stereocenters. The molecule has 0 atom stereocenters. The summed E-state index contributed by atoms with van der Waals surface area (Å²) in [6.45, 7) is 1.64. The zero-order valence-electron chi connectivity index (χ0n) is 12.1. The van der Waals surface area contributed by atoms with Gasteiger partial charge >= 0.3 is 0 Å². The molecule has 0 saturated heterocycles. The van der Waals surface area contributed by atoms with Gasteiger partial charge in [0.1, 0.15) is 12.4 Å². The minimum absolute atomic E-state index is 0.407. The van der Waals surface area contributed by atoms with Crippen LogP contribution in [0.25, 0.3) is 0 Å². The Labute approximate surface area is 124 Å². The van der Waals surface area contributed by atoms with Gasteiger partial charge in [0.05, 0.1) is 19.1 Å². The molecule has 0 saturated carbocycles. The van der Waals surface area contributed by atoms with Crippen molar-refractivity contribution in [3.63, 3.8) is 0 Å². The Balaban J connectivity index is 2.08. The van der Waals surface area contributed by atoms with E-state index >= 15 is 0 Å². The second-order valence-electron chi connectivity index (χ2n) is 4.44. The zero-order valence-corrected chi connectivity index (χ0v) is 12.1. The molecule has 2 rings (SSSR count). The molecule has 2 aromatic rings. The van der Waals surface area contributed by atoms with Crippen LogP contribution in [-0.4, -0.2) is 35.5 Å². The molecule has 0 radical (unpaired) electrons. The largest absolute Gasteiger partial charge is 0.497 e. The number of aromatic nitrogens is 2. The number of nitrogens with two attached hydrogens (primary N) is 1. The predicted molar refractivity (Wildman–Crippen MR) is 81.4 cm³/mol. The molecule has 0 aliphatic rings. The Bertz CT molecular complexity index is 550.